The fraction of sp³-hybridized carbons (Fsp3) is 0.333. The monoisotopic (exact) mass is 314 g/mol. The Labute approximate surface area is 121 Å². The summed E-state index contributed by atoms with van der Waals surface area (Å²) in [4.78, 5) is 14.6. The van der Waals surface area contributed by atoms with Gasteiger partial charge in [0.2, 0.25) is 0 Å². The second-order valence-corrected chi connectivity index (χ2v) is 6.61. The van der Waals surface area contributed by atoms with Crippen molar-refractivity contribution in [2.24, 2.45) is 0 Å². The first-order valence-electron chi connectivity index (χ1n) is 5.91. The van der Waals surface area contributed by atoms with Crippen LogP contribution in [-0.2, 0) is 25.9 Å². The Balaban J connectivity index is 2.62. The van der Waals surface area contributed by atoms with E-state index in [1.165, 1.54) is 10.6 Å². The largest absolute Gasteiger partial charge is 0.465 e. The molecule has 0 saturated carbocycles. The van der Waals surface area contributed by atoms with Gasteiger partial charge in [-0.3, -0.25) is 4.79 Å². The maximum absolute atomic E-state index is 11.7. The van der Waals surface area contributed by atoms with Gasteiger partial charge < -0.3 is 14.3 Å². The molecule has 2 rings (SSSR count). The lowest BCUT2D eigenvalue weighted by Crippen LogP contribution is -2.13. The highest BCUT2D eigenvalue weighted by atomic mass is 32.2. The third-order valence-electron chi connectivity index (χ3n) is 2.76. The minimum absolute atomic E-state index is 0.0557. The molecule has 1 aromatic carbocycles. The van der Waals surface area contributed by atoms with Crippen molar-refractivity contribution in [1.29, 1.82) is 0 Å². The summed E-state index contributed by atoms with van der Waals surface area (Å²) >= 11 is 5.14. The molecule has 0 aliphatic rings. The number of benzene rings is 1. The van der Waals surface area contributed by atoms with Gasteiger partial charge in [0.25, 0.3) is 0 Å². The van der Waals surface area contributed by atoms with E-state index in [1.54, 1.807) is 19.1 Å². The van der Waals surface area contributed by atoms with E-state index in [-0.39, 0.29) is 22.8 Å². The minimum atomic E-state index is -3.38. The SMILES string of the molecule is CCOC(=O)Cn1c(=S)[nH]c2c(S(C)(=O)=O)cccc21. The van der Waals surface area contributed by atoms with E-state index in [9.17, 15) is 13.2 Å². The van der Waals surface area contributed by atoms with Gasteiger partial charge in [-0.05, 0) is 31.3 Å². The number of aromatic nitrogens is 2. The molecule has 0 atom stereocenters. The normalized spacial score (nSPS) is 11.7. The highest BCUT2D eigenvalue weighted by molar-refractivity contribution is 7.91. The zero-order chi connectivity index (χ0) is 14.9. The fourth-order valence-corrected chi connectivity index (χ4v) is 3.07. The molecule has 8 heteroatoms. The van der Waals surface area contributed by atoms with Gasteiger partial charge in [-0.25, -0.2) is 8.42 Å². The van der Waals surface area contributed by atoms with Gasteiger partial charge in [-0.1, -0.05) is 6.07 Å². The van der Waals surface area contributed by atoms with Crippen molar-refractivity contribution >= 4 is 39.1 Å². The molecule has 0 fully saturated rings. The van der Waals surface area contributed by atoms with Crippen LogP contribution >= 0.6 is 12.2 Å². The molecule has 0 aliphatic carbocycles. The molecule has 0 bridgehead atoms. The zero-order valence-electron chi connectivity index (χ0n) is 11.0. The molecular formula is C12H14N2O4S2. The lowest BCUT2D eigenvalue weighted by atomic mass is 10.3. The molecule has 6 nitrogen and oxygen atoms in total. The second kappa shape index (κ2) is 5.37. The standard InChI is InChI=1S/C12H14N2O4S2/c1-3-18-10(15)7-14-8-5-4-6-9(20(2,16)17)11(8)13-12(14)19/h4-6H,3,7H2,1-2H3,(H,13,19). The van der Waals surface area contributed by atoms with Gasteiger partial charge in [0, 0.05) is 6.26 Å². The van der Waals surface area contributed by atoms with Crippen LogP contribution in [0, 0.1) is 4.77 Å². The van der Waals surface area contributed by atoms with Crippen molar-refractivity contribution in [3.05, 3.63) is 23.0 Å². The second-order valence-electron chi connectivity index (χ2n) is 4.24. The maximum atomic E-state index is 11.7. The Kier molecular flexibility index (Phi) is 3.96. The fourth-order valence-electron chi connectivity index (χ4n) is 1.96. The number of para-hydroxylation sites is 1. The van der Waals surface area contributed by atoms with Crippen molar-refractivity contribution in [1.82, 2.24) is 9.55 Å². The first-order valence-corrected chi connectivity index (χ1v) is 8.21. The van der Waals surface area contributed by atoms with E-state index in [0.29, 0.717) is 11.0 Å². The quantitative estimate of drug-likeness (QED) is 0.686. The lowest BCUT2D eigenvalue weighted by molar-refractivity contribution is -0.143. The number of aromatic amines is 1. The smallest absolute Gasteiger partial charge is 0.326 e. The summed E-state index contributed by atoms with van der Waals surface area (Å²) in [5, 5.41) is 0. The zero-order valence-corrected chi connectivity index (χ0v) is 12.7. The number of ether oxygens (including phenoxy) is 1. The lowest BCUT2D eigenvalue weighted by Gasteiger charge is -2.05. The number of nitrogens with zero attached hydrogens (tertiary/aromatic N) is 1. The average Bonchev–Trinajstić information content (AvgIpc) is 2.65. The number of rotatable bonds is 4. The van der Waals surface area contributed by atoms with Crippen molar-refractivity contribution in [2.45, 2.75) is 18.4 Å². The predicted octanol–water partition coefficient (Wildman–Crippen LogP) is 1.67. The van der Waals surface area contributed by atoms with Gasteiger partial charge in [-0.15, -0.1) is 0 Å². The number of carbonyl (C=O) groups is 1. The van der Waals surface area contributed by atoms with Crippen LogP contribution in [0.2, 0.25) is 0 Å². The van der Waals surface area contributed by atoms with Crippen molar-refractivity contribution in [3.63, 3.8) is 0 Å². The Bertz CT molecular complexity index is 818. The van der Waals surface area contributed by atoms with Crippen molar-refractivity contribution in [3.8, 4) is 0 Å². The first kappa shape index (κ1) is 14.7. The number of sulfone groups is 1. The van der Waals surface area contributed by atoms with Crippen LogP contribution in [0.1, 0.15) is 6.92 Å². The Hall–Kier alpha value is -1.67. The third kappa shape index (κ3) is 2.75. The number of H-pyrrole nitrogens is 1. The summed E-state index contributed by atoms with van der Waals surface area (Å²) < 4.78 is 30.2. The molecular weight excluding hydrogens is 300 g/mol. The molecule has 0 aliphatic heterocycles. The Morgan fingerprint density at radius 2 is 2.15 bits per heavy atom. The number of hydrogen-bond donors (Lipinski definition) is 1. The summed E-state index contributed by atoms with van der Waals surface area (Å²) in [5.41, 5.74) is 0.968. The minimum Gasteiger partial charge on any atom is -0.465 e. The molecule has 2 aromatic rings. The molecule has 0 radical (unpaired) electrons. The molecule has 108 valence electrons. The van der Waals surface area contributed by atoms with E-state index >= 15 is 0 Å². The molecule has 0 unspecified atom stereocenters. The summed E-state index contributed by atoms with van der Waals surface area (Å²) in [6, 6.07) is 4.82. The predicted molar refractivity (Wildman–Crippen MR) is 76.9 cm³/mol. The topological polar surface area (TPSA) is 81.2 Å². The van der Waals surface area contributed by atoms with Crippen LogP contribution in [0.25, 0.3) is 11.0 Å². The van der Waals surface area contributed by atoms with E-state index < -0.39 is 15.8 Å². The number of hydrogen-bond acceptors (Lipinski definition) is 5. The van der Waals surface area contributed by atoms with E-state index in [4.69, 9.17) is 17.0 Å². The molecule has 1 heterocycles. The third-order valence-corrected chi connectivity index (χ3v) is 4.23. The van der Waals surface area contributed by atoms with Crippen molar-refractivity contribution in [2.75, 3.05) is 12.9 Å². The molecule has 1 aromatic heterocycles. The Morgan fingerprint density at radius 1 is 1.45 bits per heavy atom. The summed E-state index contributed by atoms with van der Waals surface area (Å²) in [6.45, 7) is 1.94. The van der Waals surface area contributed by atoms with Crippen LogP contribution < -0.4 is 0 Å². The van der Waals surface area contributed by atoms with Gasteiger partial charge in [0.15, 0.2) is 14.6 Å². The highest BCUT2D eigenvalue weighted by Crippen LogP contribution is 2.22. The summed E-state index contributed by atoms with van der Waals surface area (Å²) in [5.74, 6) is -0.422. The van der Waals surface area contributed by atoms with Gasteiger partial charge in [-0.2, -0.15) is 0 Å². The number of esters is 1. The number of fused-ring (bicyclic) bond motifs is 1. The van der Waals surface area contributed by atoms with Crippen LogP contribution in [0.5, 0.6) is 0 Å². The van der Waals surface area contributed by atoms with Gasteiger partial charge in [0.1, 0.15) is 6.54 Å². The van der Waals surface area contributed by atoms with E-state index in [1.807, 2.05) is 0 Å². The highest BCUT2D eigenvalue weighted by Gasteiger charge is 2.16. The Morgan fingerprint density at radius 3 is 2.75 bits per heavy atom. The van der Waals surface area contributed by atoms with Crippen LogP contribution in [0.3, 0.4) is 0 Å². The van der Waals surface area contributed by atoms with Crippen LogP contribution in [0.4, 0.5) is 0 Å². The average molecular weight is 314 g/mol. The number of nitrogens with one attached hydrogen (secondary N) is 1. The van der Waals surface area contributed by atoms with Gasteiger partial charge >= 0.3 is 5.97 Å². The maximum Gasteiger partial charge on any atom is 0.326 e. The summed E-state index contributed by atoms with van der Waals surface area (Å²) in [7, 11) is -3.38. The number of carbonyl (C=O) groups excluding carboxylic acids is 1. The summed E-state index contributed by atoms with van der Waals surface area (Å²) in [6.07, 6.45) is 1.13. The molecule has 0 spiro atoms. The molecule has 0 amide bonds. The van der Waals surface area contributed by atoms with Crippen molar-refractivity contribution < 1.29 is 17.9 Å². The first-order chi connectivity index (χ1) is 9.34. The van der Waals surface area contributed by atoms with Crippen LogP contribution in [0.15, 0.2) is 23.1 Å². The molecule has 0 saturated heterocycles. The van der Waals surface area contributed by atoms with Gasteiger partial charge in [0.05, 0.1) is 22.5 Å². The van der Waals surface area contributed by atoms with Crippen LogP contribution in [-0.4, -0.2) is 36.8 Å². The van der Waals surface area contributed by atoms with E-state index in [2.05, 4.69) is 4.98 Å². The molecule has 1 N–H and O–H groups in total. The number of imidazole rings is 1. The molecule has 20 heavy (non-hydrogen) atoms. The van der Waals surface area contributed by atoms with E-state index in [0.717, 1.165) is 6.26 Å².